The number of aromatic nitrogens is 5. The minimum atomic E-state index is -0.150. The third-order valence-electron chi connectivity index (χ3n) is 5.36. The molecule has 1 amide bonds. The Labute approximate surface area is 182 Å². The number of amides is 1. The van der Waals surface area contributed by atoms with E-state index in [0.717, 1.165) is 42.2 Å². The van der Waals surface area contributed by atoms with Gasteiger partial charge >= 0.3 is 0 Å². The van der Waals surface area contributed by atoms with Crippen LogP contribution in [0.25, 0.3) is 6.08 Å². The van der Waals surface area contributed by atoms with Crippen LogP contribution in [0.4, 0.5) is 11.6 Å². The molecule has 0 radical (unpaired) electrons. The summed E-state index contributed by atoms with van der Waals surface area (Å²) in [5, 5.41) is 7.41. The van der Waals surface area contributed by atoms with Gasteiger partial charge in [-0.25, -0.2) is 15.0 Å². The number of nitrogens with one attached hydrogen (secondary N) is 1. The van der Waals surface area contributed by atoms with Gasteiger partial charge < -0.3 is 10.2 Å². The predicted octanol–water partition coefficient (Wildman–Crippen LogP) is 3.73. The molecule has 0 saturated carbocycles. The summed E-state index contributed by atoms with van der Waals surface area (Å²) in [6.07, 6.45) is 7.99. The van der Waals surface area contributed by atoms with E-state index >= 15 is 0 Å². The first-order chi connectivity index (χ1) is 15.0. The predicted molar refractivity (Wildman–Crippen MR) is 120 cm³/mol. The van der Waals surface area contributed by atoms with Crippen molar-refractivity contribution in [1.29, 1.82) is 0 Å². The molecule has 0 aliphatic carbocycles. The minimum absolute atomic E-state index is 0.0362. The van der Waals surface area contributed by atoms with Crippen molar-refractivity contribution in [3.8, 4) is 0 Å². The van der Waals surface area contributed by atoms with E-state index < -0.39 is 0 Å². The zero-order valence-corrected chi connectivity index (χ0v) is 18.1. The van der Waals surface area contributed by atoms with Crippen LogP contribution >= 0.6 is 0 Å². The van der Waals surface area contributed by atoms with Crippen LogP contribution in [-0.4, -0.2) is 42.1 Å². The van der Waals surface area contributed by atoms with Crippen molar-refractivity contribution in [2.45, 2.75) is 39.2 Å². The number of rotatable bonds is 5. The Hall–Kier alpha value is -3.55. The molecular formula is C23H27N7O. The Morgan fingerprint density at radius 1 is 1.10 bits per heavy atom. The van der Waals surface area contributed by atoms with Crippen LogP contribution in [0.5, 0.6) is 0 Å². The van der Waals surface area contributed by atoms with Gasteiger partial charge in [0.05, 0.1) is 11.7 Å². The largest absolute Gasteiger partial charge is 0.329 e. The van der Waals surface area contributed by atoms with Gasteiger partial charge in [-0.1, -0.05) is 6.07 Å². The zero-order valence-electron chi connectivity index (χ0n) is 18.1. The molecule has 1 fully saturated rings. The lowest BCUT2D eigenvalue weighted by molar-refractivity contribution is -0.129. The van der Waals surface area contributed by atoms with Gasteiger partial charge in [-0.15, -0.1) is 0 Å². The smallest absolute Gasteiger partial charge is 0.247 e. The van der Waals surface area contributed by atoms with Gasteiger partial charge in [0.15, 0.2) is 5.82 Å². The lowest BCUT2D eigenvalue weighted by atomic mass is 10.0. The SMILES string of the molecule is Cc1cccc(Nc2cc(C)nc([C@H]3CCCCN3C(=O)/C=C/c3ccnn3C)n2)n1. The second kappa shape index (κ2) is 9.07. The average molecular weight is 418 g/mol. The van der Waals surface area contributed by atoms with Crippen LogP contribution in [0, 0.1) is 13.8 Å². The van der Waals surface area contributed by atoms with Gasteiger partial charge in [0.2, 0.25) is 5.91 Å². The van der Waals surface area contributed by atoms with E-state index in [1.807, 2.05) is 56.1 Å². The average Bonchev–Trinajstić information content (AvgIpc) is 3.16. The third-order valence-corrected chi connectivity index (χ3v) is 5.36. The van der Waals surface area contributed by atoms with Gasteiger partial charge in [-0.05, 0) is 57.4 Å². The summed E-state index contributed by atoms with van der Waals surface area (Å²) in [6, 6.07) is 9.43. The summed E-state index contributed by atoms with van der Waals surface area (Å²) >= 11 is 0. The molecule has 0 bridgehead atoms. The van der Waals surface area contributed by atoms with Crippen molar-refractivity contribution in [1.82, 2.24) is 29.6 Å². The maximum absolute atomic E-state index is 13.0. The molecule has 31 heavy (non-hydrogen) atoms. The van der Waals surface area contributed by atoms with Crippen LogP contribution in [0.1, 0.15) is 48.2 Å². The van der Waals surface area contributed by atoms with Crippen LogP contribution in [-0.2, 0) is 11.8 Å². The van der Waals surface area contributed by atoms with E-state index in [4.69, 9.17) is 4.98 Å². The Bertz CT molecular complexity index is 1100. The quantitative estimate of drug-likeness (QED) is 0.636. The molecule has 3 aromatic rings. The Balaban J connectivity index is 1.57. The summed E-state index contributed by atoms with van der Waals surface area (Å²) in [4.78, 5) is 28.8. The highest BCUT2D eigenvalue weighted by molar-refractivity contribution is 5.91. The maximum atomic E-state index is 13.0. The van der Waals surface area contributed by atoms with E-state index in [1.165, 1.54) is 0 Å². The Kier molecular flexibility index (Phi) is 6.06. The Morgan fingerprint density at radius 2 is 1.97 bits per heavy atom. The second-order valence-electron chi connectivity index (χ2n) is 7.80. The van der Waals surface area contributed by atoms with Crippen LogP contribution in [0.15, 0.2) is 42.6 Å². The number of hydrogen-bond donors (Lipinski definition) is 1. The molecule has 3 aromatic heterocycles. The monoisotopic (exact) mass is 417 g/mol. The molecule has 8 heteroatoms. The third kappa shape index (κ3) is 4.96. The van der Waals surface area contributed by atoms with E-state index in [2.05, 4.69) is 20.4 Å². The number of piperidine rings is 1. The lowest BCUT2D eigenvalue weighted by Crippen LogP contribution is -2.38. The molecule has 0 aromatic carbocycles. The summed E-state index contributed by atoms with van der Waals surface area (Å²) in [7, 11) is 1.85. The molecular weight excluding hydrogens is 390 g/mol. The molecule has 0 spiro atoms. The normalized spacial score (nSPS) is 16.6. The molecule has 1 aliphatic rings. The van der Waals surface area contributed by atoms with Crippen LogP contribution in [0.2, 0.25) is 0 Å². The number of anilines is 2. The second-order valence-corrected chi connectivity index (χ2v) is 7.80. The number of likely N-dealkylation sites (tertiary alicyclic amines) is 1. The molecule has 160 valence electrons. The van der Waals surface area contributed by atoms with Crippen molar-refractivity contribution in [3.63, 3.8) is 0 Å². The Morgan fingerprint density at radius 3 is 2.74 bits per heavy atom. The maximum Gasteiger partial charge on any atom is 0.247 e. The lowest BCUT2D eigenvalue weighted by Gasteiger charge is -2.34. The molecule has 1 saturated heterocycles. The highest BCUT2D eigenvalue weighted by Gasteiger charge is 2.29. The van der Waals surface area contributed by atoms with Gasteiger partial charge in [-0.3, -0.25) is 9.48 Å². The van der Waals surface area contributed by atoms with E-state index in [0.29, 0.717) is 18.2 Å². The topological polar surface area (TPSA) is 88.8 Å². The van der Waals surface area contributed by atoms with Gasteiger partial charge in [0.25, 0.3) is 0 Å². The summed E-state index contributed by atoms with van der Waals surface area (Å²) in [5.74, 6) is 2.05. The highest BCUT2D eigenvalue weighted by atomic mass is 16.2. The first kappa shape index (κ1) is 20.7. The highest BCUT2D eigenvalue weighted by Crippen LogP contribution is 2.30. The number of carbonyl (C=O) groups excluding carboxylic acids is 1. The molecule has 0 unspecified atom stereocenters. The van der Waals surface area contributed by atoms with Crippen LogP contribution in [0.3, 0.4) is 0 Å². The molecule has 4 rings (SSSR count). The number of hydrogen-bond acceptors (Lipinski definition) is 6. The molecule has 1 N–H and O–H groups in total. The van der Waals surface area contributed by atoms with Crippen molar-refractivity contribution in [2.75, 3.05) is 11.9 Å². The molecule has 4 heterocycles. The summed E-state index contributed by atoms with van der Waals surface area (Å²) < 4.78 is 1.73. The van der Waals surface area contributed by atoms with Crippen molar-refractivity contribution in [3.05, 3.63) is 65.5 Å². The van der Waals surface area contributed by atoms with Crippen molar-refractivity contribution in [2.24, 2.45) is 7.05 Å². The molecule has 1 atom stereocenters. The van der Waals surface area contributed by atoms with E-state index in [-0.39, 0.29) is 11.9 Å². The fourth-order valence-corrected chi connectivity index (χ4v) is 3.81. The molecule has 8 nitrogen and oxygen atoms in total. The summed E-state index contributed by atoms with van der Waals surface area (Å²) in [6.45, 7) is 4.59. The fourth-order valence-electron chi connectivity index (χ4n) is 3.81. The van der Waals surface area contributed by atoms with E-state index in [9.17, 15) is 4.79 Å². The zero-order chi connectivity index (χ0) is 21.8. The standard InChI is InChI=1S/C23H27N7O/c1-16-7-6-9-20(25-16)27-21-15-17(2)26-23(28-21)19-8-4-5-14-30(19)22(31)11-10-18-12-13-24-29(18)3/h6-7,9-13,15,19H,4-5,8,14H2,1-3H3,(H,25,26,27,28)/b11-10+/t19-/m1/s1. The number of nitrogens with zero attached hydrogens (tertiary/aromatic N) is 6. The number of carbonyl (C=O) groups is 1. The fraction of sp³-hybridized carbons (Fsp3) is 0.348. The first-order valence-corrected chi connectivity index (χ1v) is 10.5. The van der Waals surface area contributed by atoms with Crippen molar-refractivity contribution >= 4 is 23.6 Å². The number of pyridine rings is 1. The minimum Gasteiger partial charge on any atom is -0.329 e. The van der Waals surface area contributed by atoms with Gasteiger partial charge in [-0.2, -0.15) is 5.10 Å². The van der Waals surface area contributed by atoms with Gasteiger partial charge in [0.1, 0.15) is 11.6 Å². The van der Waals surface area contributed by atoms with Crippen molar-refractivity contribution < 1.29 is 4.79 Å². The van der Waals surface area contributed by atoms with Crippen LogP contribution < -0.4 is 5.32 Å². The molecule has 1 aliphatic heterocycles. The van der Waals surface area contributed by atoms with E-state index in [1.54, 1.807) is 23.0 Å². The van der Waals surface area contributed by atoms with Gasteiger partial charge in [0, 0.05) is 43.3 Å². The number of aryl methyl sites for hydroxylation is 3. The summed E-state index contributed by atoms with van der Waals surface area (Å²) in [5.41, 5.74) is 2.66. The first-order valence-electron chi connectivity index (χ1n) is 10.5.